The van der Waals surface area contributed by atoms with Crippen LogP contribution in [-0.2, 0) is 27.7 Å². The fourth-order valence-corrected chi connectivity index (χ4v) is 4.67. The smallest absolute Gasteiger partial charge is 0.410 e. The zero-order valence-corrected chi connectivity index (χ0v) is 17.9. The Morgan fingerprint density at radius 1 is 1.38 bits per heavy atom. The number of sulfonamides is 1. The number of hydrogen-bond acceptors (Lipinski definition) is 6. The van der Waals surface area contributed by atoms with Gasteiger partial charge >= 0.3 is 6.09 Å². The van der Waals surface area contributed by atoms with E-state index >= 15 is 0 Å². The minimum absolute atomic E-state index is 0.0245. The largest absolute Gasteiger partial charge is 0.495 e. The van der Waals surface area contributed by atoms with E-state index in [1.807, 2.05) is 0 Å². The molecule has 1 aromatic heterocycles. The second-order valence-corrected chi connectivity index (χ2v) is 8.77. The number of benzene rings is 1. The van der Waals surface area contributed by atoms with Crippen LogP contribution >= 0.6 is 15.9 Å². The van der Waals surface area contributed by atoms with Crippen molar-refractivity contribution in [1.82, 2.24) is 9.88 Å². The number of nitrogens with zero attached hydrogens (tertiary/aromatic N) is 2. The van der Waals surface area contributed by atoms with Crippen molar-refractivity contribution in [3.63, 3.8) is 0 Å². The van der Waals surface area contributed by atoms with E-state index in [0.717, 1.165) is 5.69 Å². The zero-order valence-electron chi connectivity index (χ0n) is 15.5. The van der Waals surface area contributed by atoms with Gasteiger partial charge in [-0.3, -0.25) is 9.71 Å². The molecule has 0 aliphatic carbocycles. The normalized spacial score (nSPS) is 13.6. The molecule has 2 aromatic rings. The van der Waals surface area contributed by atoms with Crippen LogP contribution in [0.25, 0.3) is 0 Å². The summed E-state index contributed by atoms with van der Waals surface area (Å²) in [5.74, 6) is 0.202. The number of carbonyl (C=O) groups is 1. The summed E-state index contributed by atoms with van der Waals surface area (Å²) in [6.45, 7) is -0.452. The van der Waals surface area contributed by atoms with Gasteiger partial charge in [0, 0.05) is 23.1 Å². The third kappa shape index (κ3) is 4.96. The molecule has 0 bridgehead atoms. The lowest BCUT2D eigenvalue weighted by molar-refractivity contribution is 0.0919. The molecule has 1 N–H and O–H groups in total. The molecule has 11 heteroatoms. The number of ether oxygens (including phenoxy) is 2. The summed E-state index contributed by atoms with van der Waals surface area (Å²) in [6, 6.07) is 6.29. The number of pyridine rings is 1. The van der Waals surface area contributed by atoms with E-state index in [1.165, 1.54) is 24.3 Å². The van der Waals surface area contributed by atoms with Gasteiger partial charge in [-0.1, -0.05) is 15.9 Å². The number of hydrogen-bond donors (Lipinski definition) is 1. The summed E-state index contributed by atoms with van der Waals surface area (Å²) in [4.78, 5) is 17.7. The Labute approximate surface area is 176 Å². The van der Waals surface area contributed by atoms with Crippen molar-refractivity contribution in [2.24, 2.45) is 0 Å². The van der Waals surface area contributed by atoms with Gasteiger partial charge in [0.2, 0.25) is 0 Å². The Balaban J connectivity index is 1.82. The van der Waals surface area contributed by atoms with Crippen LogP contribution in [0, 0.1) is 0 Å². The molecule has 0 atom stereocenters. The average Bonchev–Trinajstić information content (AvgIpc) is 2.71. The van der Waals surface area contributed by atoms with Crippen molar-refractivity contribution in [3.8, 4) is 5.75 Å². The van der Waals surface area contributed by atoms with Crippen molar-refractivity contribution in [2.45, 2.75) is 17.9 Å². The molecule has 2 heterocycles. The molecule has 0 unspecified atom stereocenters. The van der Waals surface area contributed by atoms with E-state index in [-0.39, 0.29) is 29.5 Å². The molecular formula is C18H19BrFN3O5S. The van der Waals surface area contributed by atoms with Crippen LogP contribution in [0.3, 0.4) is 0 Å². The molecule has 29 heavy (non-hydrogen) atoms. The summed E-state index contributed by atoms with van der Waals surface area (Å²) in [5.41, 5.74) is 1.71. The van der Waals surface area contributed by atoms with Crippen molar-refractivity contribution < 1.29 is 27.1 Å². The third-order valence-corrected chi connectivity index (χ3v) is 6.16. The summed E-state index contributed by atoms with van der Waals surface area (Å²) >= 11 is 3.26. The van der Waals surface area contributed by atoms with Gasteiger partial charge in [0.25, 0.3) is 10.0 Å². The van der Waals surface area contributed by atoms with Crippen LogP contribution in [0.2, 0.25) is 0 Å². The molecule has 0 radical (unpaired) electrons. The average molecular weight is 488 g/mol. The molecule has 8 nitrogen and oxygen atoms in total. The lowest BCUT2D eigenvalue weighted by atomic mass is 10.1. The number of rotatable bonds is 6. The van der Waals surface area contributed by atoms with Crippen LogP contribution in [-0.4, -0.2) is 51.3 Å². The molecule has 0 saturated carbocycles. The highest BCUT2D eigenvalue weighted by Crippen LogP contribution is 2.29. The van der Waals surface area contributed by atoms with Gasteiger partial charge < -0.3 is 14.4 Å². The summed E-state index contributed by atoms with van der Waals surface area (Å²) in [5, 5.41) is 0. The van der Waals surface area contributed by atoms with Gasteiger partial charge in [-0.05, 0) is 29.8 Å². The van der Waals surface area contributed by atoms with Crippen molar-refractivity contribution in [3.05, 3.63) is 46.2 Å². The maximum atomic E-state index is 12.8. The van der Waals surface area contributed by atoms with Crippen LogP contribution in [0.1, 0.15) is 11.3 Å². The molecule has 3 rings (SSSR count). The molecule has 0 spiro atoms. The van der Waals surface area contributed by atoms with Crippen LogP contribution in [0.5, 0.6) is 5.75 Å². The fourth-order valence-electron chi connectivity index (χ4n) is 2.93. The molecule has 1 aliphatic rings. The highest BCUT2D eigenvalue weighted by atomic mass is 79.9. The lowest BCUT2D eigenvalue weighted by Gasteiger charge is -2.27. The zero-order chi connectivity index (χ0) is 21.0. The van der Waals surface area contributed by atoms with Gasteiger partial charge in [-0.15, -0.1) is 0 Å². The van der Waals surface area contributed by atoms with E-state index < -0.39 is 22.8 Å². The second-order valence-electron chi connectivity index (χ2n) is 6.21. The minimum Gasteiger partial charge on any atom is -0.495 e. The first-order chi connectivity index (χ1) is 13.8. The van der Waals surface area contributed by atoms with E-state index in [0.29, 0.717) is 23.0 Å². The number of halogens is 2. The van der Waals surface area contributed by atoms with Crippen LogP contribution in [0.4, 0.5) is 14.9 Å². The maximum Gasteiger partial charge on any atom is 0.410 e. The summed E-state index contributed by atoms with van der Waals surface area (Å²) < 4.78 is 50.9. The predicted octanol–water partition coefficient (Wildman–Crippen LogP) is 3.12. The Morgan fingerprint density at radius 2 is 2.17 bits per heavy atom. The van der Waals surface area contributed by atoms with Gasteiger partial charge in [-0.2, -0.15) is 0 Å². The molecule has 0 fully saturated rings. The van der Waals surface area contributed by atoms with Gasteiger partial charge in [0.1, 0.15) is 23.9 Å². The SMILES string of the molecule is COc1ccc(Br)cc1S(=O)(=O)Nc1cnc2c(c1)CN(C(=O)OCCF)CC2. The number of aromatic nitrogens is 1. The number of carbonyl (C=O) groups excluding carboxylic acids is 1. The summed E-state index contributed by atoms with van der Waals surface area (Å²) in [7, 11) is -2.55. The van der Waals surface area contributed by atoms with Crippen molar-refractivity contribution in [2.75, 3.05) is 31.7 Å². The number of anilines is 1. The number of methoxy groups -OCH3 is 1. The first kappa shape index (κ1) is 21.3. The predicted molar refractivity (Wildman–Crippen MR) is 107 cm³/mol. The first-order valence-electron chi connectivity index (χ1n) is 8.66. The van der Waals surface area contributed by atoms with E-state index in [2.05, 4.69) is 25.6 Å². The lowest BCUT2D eigenvalue weighted by Crippen LogP contribution is -2.37. The van der Waals surface area contributed by atoms with Crippen molar-refractivity contribution >= 4 is 37.7 Å². The monoisotopic (exact) mass is 487 g/mol. The van der Waals surface area contributed by atoms with Crippen molar-refractivity contribution in [1.29, 1.82) is 0 Å². The Kier molecular flexibility index (Phi) is 6.58. The molecular weight excluding hydrogens is 469 g/mol. The van der Waals surface area contributed by atoms with Gasteiger partial charge in [0.05, 0.1) is 25.5 Å². The Morgan fingerprint density at radius 3 is 2.90 bits per heavy atom. The Hall–Kier alpha value is -2.40. The number of alkyl halides is 1. The molecule has 1 aliphatic heterocycles. The summed E-state index contributed by atoms with van der Waals surface area (Å²) in [6.07, 6.45) is 1.31. The van der Waals surface area contributed by atoms with E-state index in [4.69, 9.17) is 9.47 Å². The number of fused-ring (bicyclic) bond motifs is 1. The highest BCUT2D eigenvalue weighted by molar-refractivity contribution is 9.10. The second kappa shape index (κ2) is 8.95. The Bertz CT molecular complexity index is 1020. The van der Waals surface area contributed by atoms with E-state index in [9.17, 15) is 17.6 Å². The van der Waals surface area contributed by atoms with Gasteiger partial charge in [-0.25, -0.2) is 17.6 Å². The maximum absolute atomic E-state index is 12.8. The third-order valence-electron chi connectivity index (χ3n) is 4.27. The van der Waals surface area contributed by atoms with Crippen LogP contribution < -0.4 is 9.46 Å². The molecule has 156 valence electrons. The molecule has 1 amide bonds. The first-order valence-corrected chi connectivity index (χ1v) is 10.9. The molecule has 0 saturated heterocycles. The fraction of sp³-hybridized carbons (Fsp3) is 0.333. The van der Waals surface area contributed by atoms with E-state index in [1.54, 1.807) is 18.2 Å². The highest BCUT2D eigenvalue weighted by Gasteiger charge is 2.25. The topological polar surface area (TPSA) is 97.8 Å². The number of nitrogens with one attached hydrogen (secondary N) is 1. The molecule has 1 aromatic carbocycles. The standard InChI is InChI=1S/C18H19BrFN3O5S/c1-27-16-3-2-13(19)9-17(16)29(25,26)22-14-8-12-11-23(18(24)28-7-5-20)6-4-15(12)21-10-14/h2-3,8-10,22H,4-7,11H2,1H3. The number of amides is 1. The quantitative estimate of drug-likeness (QED) is 0.671. The minimum atomic E-state index is -3.94. The van der Waals surface area contributed by atoms with Gasteiger partial charge in [0.15, 0.2) is 0 Å². The van der Waals surface area contributed by atoms with Crippen LogP contribution in [0.15, 0.2) is 39.8 Å².